The third-order valence-corrected chi connectivity index (χ3v) is 8.09. The lowest BCUT2D eigenvalue weighted by Gasteiger charge is -2.30. The quantitative estimate of drug-likeness (QED) is 0.149. The lowest BCUT2D eigenvalue weighted by molar-refractivity contribution is -0.120. The van der Waals surface area contributed by atoms with E-state index in [1.165, 1.54) is 20.3 Å². The van der Waals surface area contributed by atoms with E-state index in [0.29, 0.717) is 31.4 Å². The van der Waals surface area contributed by atoms with Crippen molar-refractivity contribution in [3.63, 3.8) is 0 Å². The van der Waals surface area contributed by atoms with Crippen LogP contribution in [0.4, 0.5) is 4.79 Å². The normalized spacial score (nSPS) is 30.4. The number of ketones is 2. The molecule has 46 heavy (non-hydrogen) atoms. The molecule has 256 valence electrons. The third-order valence-electron chi connectivity index (χ3n) is 8.09. The predicted molar refractivity (Wildman–Crippen MR) is 175 cm³/mol. The lowest BCUT2D eigenvalue weighted by Crippen LogP contribution is -2.38. The van der Waals surface area contributed by atoms with Gasteiger partial charge in [0.2, 0.25) is 11.6 Å². The van der Waals surface area contributed by atoms with Crippen molar-refractivity contribution in [2.75, 3.05) is 20.8 Å². The highest BCUT2D eigenvalue weighted by Crippen LogP contribution is 2.29. The number of allylic oxidation sites excluding steroid dienone is 4. The van der Waals surface area contributed by atoms with Crippen molar-refractivity contribution >= 4 is 23.6 Å². The van der Waals surface area contributed by atoms with E-state index >= 15 is 0 Å². The van der Waals surface area contributed by atoms with Crippen molar-refractivity contribution in [2.24, 2.45) is 23.3 Å². The number of hydrogen-bond donors (Lipinski definition) is 5. The maximum Gasteiger partial charge on any atom is 0.405 e. The van der Waals surface area contributed by atoms with Crippen LogP contribution < -0.4 is 22.1 Å². The Morgan fingerprint density at radius 1 is 1.15 bits per heavy atom. The van der Waals surface area contributed by atoms with Gasteiger partial charge in [-0.3, -0.25) is 14.4 Å². The van der Waals surface area contributed by atoms with E-state index in [1.807, 2.05) is 27.7 Å². The molecule has 0 aromatic carbocycles. The monoisotopic (exact) mass is 644 g/mol. The zero-order chi connectivity index (χ0) is 34.8. The van der Waals surface area contributed by atoms with Crippen molar-refractivity contribution in [2.45, 2.75) is 97.2 Å². The molecule has 0 saturated heterocycles. The van der Waals surface area contributed by atoms with Gasteiger partial charge in [-0.1, -0.05) is 38.2 Å². The van der Waals surface area contributed by atoms with Crippen LogP contribution in [0.1, 0.15) is 67.2 Å². The Hall–Kier alpha value is -3.58. The summed E-state index contributed by atoms with van der Waals surface area (Å²) >= 11 is 0. The first kappa shape index (κ1) is 38.6. The van der Waals surface area contributed by atoms with Gasteiger partial charge in [0, 0.05) is 49.4 Å². The molecule has 0 saturated carbocycles. The summed E-state index contributed by atoms with van der Waals surface area (Å²) in [5.74, 6) is -2.11. The zero-order valence-corrected chi connectivity index (χ0v) is 28.3. The smallest absolute Gasteiger partial charge is 0.405 e. The minimum absolute atomic E-state index is 0.123. The first-order chi connectivity index (χ1) is 21.5. The number of Topliss-reactive ketones (excluding diaryl/α,β-unsaturated/α-hetero) is 1. The number of nitrogens with two attached hydrogens (primary N) is 2. The number of aliphatic hydroxyl groups is 1. The molecule has 6 atom stereocenters. The molecule has 0 fully saturated rings. The van der Waals surface area contributed by atoms with Crippen LogP contribution in [0.15, 0.2) is 58.5 Å². The molecule has 1 heterocycles. The van der Waals surface area contributed by atoms with Crippen LogP contribution in [0, 0.1) is 11.8 Å². The number of hydrogen-bond acceptors (Lipinski definition) is 10. The van der Waals surface area contributed by atoms with E-state index < -0.39 is 53.9 Å². The molecular formula is C34H52N4O8. The topological polar surface area (TPSA) is 192 Å². The van der Waals surface area contributed by atoms with Crippen LogP contribution in [0.2, 0.25) is 0 Å². The number of ether oxygens (including phenoxy) is 3. The largest absolute Gasteiger partial charge is 0.439 e. The van der Waals surface area contributed by atoms with Gasteiger partial charge in [0.05, 0.1) is 23.6 Å². The molecule has 2 rings (SSSR count). The molecule has 2 aliphatic rings. The average Bonchev–Trinajstić information content (AvgIpc) is 2.97. The molecule has 2 amide bonds. The van der Waals surface area contributed by atoms with Gasteiger partial charge < -0.3 is 41.4 Å². The van der Waals surface area contributed by atoms with Crippen molar-refractivity contribution in [3.05, 3.63) is 58.5 Å². The summed E-state index contributed by atoms with van der Waals surface area (Å²) in [4.78, 5) is 52.0. The third kappa shape index (κ3) is 11.3. The van der Waals surface area contributed by atoms with E-state index in [2.05, 4.69) is 10.6 Å². The Balaban J connectivity index is 2.57. The summed E-state index contributed by atoms with van der Waals surface area (Å²) in [5.41, 5.74) is 12.2. The van der Waals surface area contributed by atoms with Crippen LogP contribution in [0.3, 0.4) is 0 Å². The standard InChI is InChI=1S/C34H52N4O8/c1-19-15-23-28(37-14-10-13-34(5,6)36)25(39)18-24(30(23)41)38-32(42)20(2)11-9-12-26(44-7)31(46-33(35)43)22(4)17-21(3)29(40)27(16-19)45-8/h9,11-12,17-19,21,26-27,29,31,37,40H,10,13-16,36H2,1-8H3,(H2,35,43)(H,38,42)/b12-9+,20-11-,22-17+/t19-,21+,26+,27+,29-,31+/m1/s1. The molecule has 7 N–H and O–H groups in total. The van der Waals surface area contributed by atoms with Gasteiger partial charge in [0.1, 0.15) is 6.10 Å². The maximum absolute atomic E-state index is 13.8. The van der Waals surface area contributed by atoms with E-state index in [4.69, 9.17) is 25.7 Å². The molecule has 1 aliphatic carbocycles. The van der Waals surface area contributed by atoms with Gasteiger partial charge in [-0.05, 0) is 64.9 Å². The Morgan fingerprint density at radius 2 is 1.83 bits per heavy atom. The Kier molecular flexibility index (Phi) is 14.6. The van der Waals surface area contributed by atoms with E-state index in [1.54, 1.807) is 32.1 Å². The van der Waals surface area contributed by atoms with Gasteiger partial charge in [-0.25, -0.2) is 4.79 Å². The fourth-order valence-corrected chi connectivity index (χ4v) is 5.54. The Morgan fingerprint density at radius 3 is 2.41 bits per heavy atom. The molecular weight excluding hydrogens is 592 g/mol. The Bertz CT molecular complexity index is 1290. The molecule has 1 aliphatic heterocycles. The number of methoxy groups -OCH3 is 2. The summed E-state index contributed by atoms with van der Waals surface area (Å²) in [7, 11) is 2.93. The molecule has 12 heteroatoms. The highest BCUT2D eigenvalue weighted by molar-refractivity contribution is 6.23. The fourth-order valence-electron chi connectivity index (χ4n) is 5.54. The van der Waals surface area contributed by atoms with Crippen LogP contribution in [-0.4, -0.2) is 79.4 Å². The summed E-state index contributed by atoms with van der Waals surface area (Å²) in [6.45, 7) is 11.3. The van der Waals surface area contributed by atoms with Crippen molar-refractivity contribution in [1.29, 1.82) is 0 Å². The fraction of sp³-hybridized carbons (Fsp3) is 0.588. The summed E-state index contributed by atoms with van der Waals surface area (Å²) in [6, 6.07) is 0. The molecule has 0 unspecified atom stereocenters. The summed E-state index contributed by atoms with van der Waals surface area (Å²) in [5, 5.41) is 17.1. The van der Waals surface area contributed by atoms with Gasteiger partial charge >= 0.3 is 6.09 Å². The van der Waals surface area contributed by atoms with E-state index in [0.717, 1.165) is 6.08 Å². The second-order valence-electron chi connectivity index (χ2n) is 12.9. The van der Waals surface area contributed by atoms with Crippen molar-refractivity contribution in [3.8, 4) is 0 Å². The average molecular weight is 645 g/mol. The van der Waals surface area contributed by atoms with Crippen LogP contribution in [0.5, 0.6) is 0 Å². The number of amides is 2. The van der Waals surface area contributed by atoms with Crippen LogP contribution in [0.25, 0.3) is 0 Å². The number of fused-ring (bicyclic) bond motifs is 2. The summed E-state index contributed by atoms with van der Waals surface area (Å²) < 4.78 is 16.6. The number of aliphatic hydroxyl groups excluding tert-OH is 1. The number of carbonyl (C=O) groups excluding carboxylic acids is 4. The van der Waals surface area contributed by atoms with Gasteiger partial charge in [-0.2, -0.15) is 0 Å². The van der Waals surface area contributed by atoms with E-state index in [9.17, 15) is 24.3 Å². The predicted octanol–water partition coefficient (Wildman–Crippen LogP) is 2.87. The van der Waals surface area contributed by atoms with E-state index in [-0.39, 0.29) is 40.4 Å². The molecule has 0 aromatic heterocycles. The number of carbonyl (C=O) groups is 4. The number of primary amides is 1. The zero-order valence-electron chi connectivity index (χ0n) is 28.3. The second kappa shape index (κ2) is 17.4. The molecule has 12 nitrogen and oxygen atoms in total. The minimum atomic E-state index is -1.00. The first-order valence-corrected chi connectivity index (χ1v) is 15.6. The molecule has 0 aromatic rings. The minimum Gasteiger partial charge on any atom is -0.439 e. The number of rotatable bonds is 8. The lowest BCUT2D eigenvalue weighted by atomic mass is 9.85. The Labute approximate surface area is 272 Å². The number of nitrogens with one attached hydrogen (secondary N) is 2. The molecule has 0 radical (unpaired) electrons. The van der Waals surface area contributed by atoms with Gasteiger partial charge in [0.15, 0.2) is 6.10 Å². The SMILES string of the molecule is CO[C@H]1/C=C/C=C(/C)C(=O)NC2=CC(=O)C(NCCCC(C)(C)N)=C(C[C@@H](C)C[C@H](OC)[C@H](O)[C@@H](C)/C=C(\C)[C@@H]1OC(N)=O)C2=O. The second-order valence-corrected chi connectivity index (χ2v) is 12.9. The van der Waals surface area contributed by atoms with Gasteiger partial charge in [-0.15, -0.1) is 0 Å². The van der Waals surface area contributed by atoms with Crippen molar-refractivity contribution < 1.29 is 38.5 Å². The first-order valence-electron chi connectivity index (χ1n) is 15.6. The van der Waals surface area contributed by atoms with Crippen LogP contribution >= 0.6 is 0 Å². The highest BCUT2D eigenvalue weighted by atomic mass is 16.6. The van der Waals surface area contributed by atoms with Crippen molar-refractivity contribution in [1.82, 2.24) is 10.6 Å². The maximum atomic E-state index is 13.8. The van der Waals surface area contributed by atoms with Crippen LogP contribution in [-0.2, 0) is 28.6 Å². The molecule has 2 bridgehead atoms. The molecule has 0 spiro atoms. The van der Waals surface area contributed by atoms with Gasteiger partial charge in [0.25, 0.3) is 5.91 Å². The highest BCUT2D eigenvalue weighted by Gasteiger charge is 2.33. The summed E-state index contributed by atoms with van der Waals surface area (Å²) in [6.07, 6.45) is 5.20.